The number of thiazole rings is 1. The molecule has 7 heteroatoms. The lowest BCUT2D eigenvalue weighted by Gasteiger charge is -2.08. The van der Waals surface area contributed by atoms with Gasteiger partial charge in [0, 0.05) is 17.6 Å². The highest BCUT2D eigenvalue weighted by Gasteiger charge is 2.16. The van der Waals surface area contributed by atoms with Crippen LogP contribution in [0.4, 0.5) is 14.5 Å². The Hall–Kier alpha value is -2.02. The van der Waals surface area contributed by atoms with Gasteiger partial charge in [0.25, 0.3) is 0 Å². The van der Waals surface area contributed by atoms with Gasteiger partial charge in [-0.2, -0.15) is 0 Å². The average molecular weight is 284 g/mol. The monoisotopic (exact) mass is 284 g/mol. The molecule has 0 saturated heterocycles. The van der Waals surface area contributed by atoms with Gasteiger partial charge >= 0.3 is 5.97 Å². The molecule has 1 N–H and O–H groups in total. The molecule has 0 amide bonds. The number of methoxy groups -OCH3 is 1. The van der Waals surface area contributed by atoms with Gasteiger partial charge in [0.05, 0.1) is 24.9 Å². The van der Waals surface area contributed by atoms with Crippen molar-refractivity contribution < 1.29 is 18.3 Å². The first-order chi connectivity index (χ1) is 9.11. The first kappa shape index (κ1) is 13.4. The Bertz CT molecular complexity index is 588. The number of halogens is 2. The smallest absolute Gasteiger partial charge is 0.340 e. The number of ether oxygens (including phenoxy) is 1. The Morgan fingerprint density at radius 3 is 2.84 bits per heavy atom. The summed E-state index contributed by atoms with van der Waals surface area (Å²) in [6, 6.07) is 1.74. The second-order valence-electron chi connectivity index (χ2n) is 3.58. The summed E-state index contributed by atoms with van der Waals surface area (Å²) in [5.74, 6) is -2.58. The minimum absolute atomic E-state index is 0.0250. The van der Waals surface area contributed by atoms with Gasteiger partial charge in [0.2, 0.25) is 0 Å². The molecule has 4 nitrogen and oxygen atoms in total. The summed E-state index contributed by atoms with van der Waals surface area (Å²) in [5, 5.41) is 5.30. The van der Waals surface area contributed by atoms with E-state index in [9.17, 15) is 13.6 Å². The Kier molecular flexibility index (Phi) is 4.06. The van der Waals surface area contributed by atoms with E-state index < -0.39 is 17.6 Å². The van der Waals surface area contributed by atoms with Crippen molar-refractivity contribution in [1.82, 2.24) is 4.98 Å². The molecule has 0 aliphatic carbocycles. The van der Waals surface area contributed by atoms with Crippen LogP contribution in [0.3, 0.4) is 0 Å². The van der Waals surface area contributed by atoms with E-state index in [1.54, 1.807) is 11.6 Å². The van der Waals surface area contributed by atoms with E-state index in [2.05, 4.69) is 15.0 Å². The number of rotatable bonds is 4. The van der Waals surface area contributed by atoms with Gasteiger partial charge in [-0.05, 0) is 6.07 Å². The third kappa shape index (κ3) is 3.05. The SMILES string of the molecule is COC(=O)c1cc(NCc2nccs2)c(F)cc1F. The van der Waals surface area contributed by atoms with Crippen molar-refractivity contribution in [3.8, 4) is 0 Å². The predicted molar refractivity (Wildman–Crippen MR) is 67.1 cm³/mol. The van der Waals surface area contributed by atoms with Gasteiger partial charge in [-0.15, -0.1) is 11.3 Å². The molecule has 0 fully saturated rings. The number of esters is 1. The molecule has 2 rings (SSSR count). The molecule has 100 valence electrons. The third-order valence-electron chi connectivity index (χ3n) is 2.38. The number of nitrogens with one attached hydrogen (secondary N) is 1. The number of hydrogen-bond donors (Lipinski definition) is 1. The molecule has 1 aromatic heterocycles. The highest BCUT2D eigenvalue weighted by atomic mass is 32.1. The molecular formula is C12H10F2N2O2S. The summed E-state index contributed by atoms with van der Waals surface area (Å²) >= 11 is 1.40. The van der Waals surface area contributed by atoms with Gasteiger partial charge in [0.15, 0.2) is 0 Å². The van der Waals surface area contributed by atoms with E-state index in [0.717, 1.165) is 18.2 Å². The molecule has 0 saturated carbocycles. The fourth-order valence-electron chi connectivity index (χ4n) is 1.46. The second-order valence-corrected chi connectivity index (χ2v) is 4.56. The van der Waals surface area contributed by atoms with Crippen LogP contribution in [0.2, 0.25) is 0 Å². The lowest BCUT2D eigenvalue weighted by atomic mass is 10.2. The fraction of sp³-hybridized carbons (Fsp3) is 0.167. The number of nitrogens with zero attached hydrogens (tertiary/aromatic N) is 1. The van der Waals surface area contributed by atoms with Crippen LogP contribution in [0, 0.1) is 11.6 Å². The van der Waals surface area contributed by atoms with Crippen molar-refractivity contribution in [2.24, 2.45) is 0 Å². The Balaban J connectivity index is 2.22. The van der Waals surface area contributed by atoms with Crippen molar-refractivity contribution in [3.63, 3.8) is 0 Å². The zero-order valence-corrected chi connectivity index (χ0v) is 10.8. The zero-order valence-electron chi connectivity index (χ0n) is 9.94. The molecule has 0 spiro atoms. The lowest BCUT2D eigenvalue weighted by molar-refractivity contribution is 0.0595. The quantitative estimate of drug-likeness (QED) is 0.877. The molecule has 2 aromatic rings. The number of benzene rings is 1. The number of hydrogen-bond acceptors (Lipinski definition) is 5. The second kappa shape index (κ2) is 5.75. The largest absolute Gasteiger partial charge is 0.465 e. The minimum atomic E-state index is -0.954. The van der Waals surface area contributed by atoms with Gasteiger partial charge in [-0.25, -0.2) is 18.6 Å². The standard InChI is InChI=1S/C12H10F2N2O2S/c1-18-12(17)7-4-10(9(14)5-8(7)13)16-6-11-15-2-3-19-11/h2-5,16H,6H2,1H3. The summed E-state index contributed by atoms with van der Waals surface area (Å²) in [6.07, 6.45) is 1.63. The summed E-state index contributed by atoms with van der Waals surface area (Å²) in [4.78, 5) is 15.3. The van der Waals surface area contributed by atoms with Crippen LogP contribution < -0.4 is 5.32 Å². The maximum atomic E-state index is 13.6. The van der Waals surface area contributed by atoms with Crippen LogP contribution in [-0.2, 0) is 11.3 Å². The third-order valence-corrected chi connectivity index (χ3v) is 3.16. The van der Waals surface area contributed by atoms with Crippen LogP contribution >= 0.6 is 11.3 Å². The van der Waals surface area contributed by atoms with Crippen molar-refractivity contribution in [1.29, 1.82) is 0 Å². The molecule has 19 heavy (non-hydrogen) atoms. The molecule has 0 aliphatic heterocycles. The van der Waals surface area contributed by atoms with Crippen LogP contribution in [0.1, 0.15) is 15.4 Å². The number of carbonyl (C=O) groups excluding carboxylic acids is 1. The van der Waals surface area contributed by atoms with Crippen molar-refractivity contribution in [2.45, 2.75) is 6.54 Å². The highest BCUT2D eigenvalue weighted by molar-refractivity contribution is 7.09. The summed E-state index contributed by atoms with van der Waals surface area (Å²) < 4.78 is 31.4. The van der Waals surface area contributed by atoms with Gasteiger partial charge in [0.1, 0.15) is 16.6 Å². The van der Waals surface area contributed by atoms with Gasteiger partial charge < -0.3 is 10.1 Å². The van der Waals surface area contributed by atoms with E-state index in [1.165, 1.54) is 11.3 Å². The molecule has 0 atom stereocenters. The van der Waals surface area contributed by atoms with Crippen LogP contribution in [0.25, 0.3) is 0 Å². The first-order valence-electron chi connectivity index (χ1n) is 5.31. The summed E-state index contributed by atoms with van der Waals surface area (Å²) in [6.45, 7) is 0.292. The van der Waals surface area contributed by atoms with Gasteiger partial charge in [-0.1, -0.05) is 0 Å². The van der Waals surface area contributed by atoms with Crippen LogP contribution in [0.5, 0.6) is 0 Å². The van der Waals surface area contributed by atoms with E-state index >= 15 is 0 Å². The summed E-state index contributed by atoms with van der Waals surface area (Å²) in [5.41, 5.74) is -0.289. The maximum absolute atomic E-state index is 13.6. The normalized spacial score (nSPS) is 10.3. The van der Waals surface area contributed by atoms with Crippen molar-refractivity contribution >= 4 is 23.0 Å². The average Bonchev–Trinajstić information content (AvgIpc) is 2.90. The highest BCUT2D eigenvalue weighted by Crippen LogP contribution is 2.21. The molecule has 0 radical (unpaired) electrons. The molecule has 0 unspecified atom stereocenters. The first-order valence-corrected chi connectivity index (χ1v) is 6.19. The minimum Gasteiger partial charge on any atom is -0.465 e. The zero-order chi connectivity index (χ0) is 13.8. The molecular weight excluding hydrogens is 274 g/mol. The number of carbonyl (C=O) groups is 1. The van der Waals surface area contributed by atoms with E-state index in [1.807, 2.05) is 0 Å². The van der Waals surface area contributed by atoms with Crippen molar-refractivity contribution in [2.75, 3.05) is 12.4 Å². The van der Waals surface area contributed by atoms with E-state index in [4.69, 9.17) is 0 Å². The number of aromatic nitrogens is 1. The predicted octanol–water partition coefficient (Wildman–Crippen LogP) is 2.82. The fourth-order valence-corrected chi connectivity index (χ4v) is 2.02. The maximum Gasteiger partial charge on any atom is 0.340 e. The van der Waals surface area contributed by atoms with Crippen LogP contribution in [0.15, 0.2) is 23.7 Å². The molecule has 1 aromatic carbocycles. The van der Waals surface area contributed by atoms with E-state index in [0.29, 0.717) is 12.6 Å². The van der Waals surface area contributed by atoms with Crippen molar-refractivity contribution in [3.05, 3.63) is 45.9 Å². The molecule has 0 bridgehead atoms. The summed E-state index contributed by atoms with van der Waals surface area (Å²) in [7, 11) is 1.13. The number of anilines is 1. The van der Waals surface area contributed by atoms with Crippen LogP contribution in [-0.4, -0.2) is 18.1 Å². The van der Waals surface area contributed by atoms with Gasteiger partial charge in [-0.3, -0.25) is 0 Å². The molecule has 0 aliphatic rings. The molecule has 1 heterocycles. The Morgan fingerprint density at radius 1 is 1.42 bits per heavy atom. The van der Waals surface area contributed by atoms with E-state index in [-0.39, 0.29) is 11.3 Å². The topological polar surface area (TPSA) is 51.2 Å². The lowest BCUT2D eigenvalue weighted by Crippen LogP contribution is -2.08. The Morgan fingerprint density at radius 2 is 2.21 bits per heavy atom. The Labute approximate surface area is 112 Å².